The van der Waals surface area contributed by atoms with Gasteiger partial charge in [-0.15, -0.1) is 0 Å². The van der Waals surface area contributed by atoms with Crippen LogP contribution < -0.4 is 5.32 Å². The average molecular weight is 224 g/mol. The first-order valence-electron chi connectivity index (χ1n) is 6.63. The molecule has 3 atom stereocenters. The number of amides is 1. The van der Waals surface area contributed by atoms with Crippen LogP contribution in [0.5, 0.6) is 0 Å². The van der Waals surface area contributed by atoms with Crippen LogP contribution in [0, 0.1) is 17.8 Å². The molecule has 3 heteroatoms. The van der Waals surface area contributed by atoms with Gasteiger partial charge in [0, 0.05) is 19.5 Å². The van der Waals surface area contributed by atoms with Gasteiger partial charge in [-0.25, -0.2) is 0 Å². The summed E-state index contributed by atoms with van der Waals surface area (Å²) in [7, 11) is 0. The Labute approximate surface area is 98.6 Å². The smallest absolute Gasteiger partial charge is 0.222 e. The highest BCUT2D eigenvalue weighted by molar-refractivity contribution is 5.76. The zero-order valence-corrected chi connectivity index (χ0v) is 10.5. The third-order valence-electron chi connectivity index (χ3n) is 3.85. The van der Waals surface area contributed by atoms with Crippen molar-refractivity contribution in [2.75, 3.05) is 26.2 Å². The van der Waals surface area contributed by atoms with Crippen molar-refractivity contribution in [2.45, 2.75) is 33.1 Å². The highest BCUT2D eigenvalue weighted by Gasteiger charge is 2.27. The van der Waals surface area contributed by atoms with Crippen LogP contribution in [0.4, 0.5) is 0 Å². The van der Waals surface area contributed by atoms with E-state index in [4.69, 9.17) is 0 Å². The fourth-order valence-corrected chi connectivity index (χ4v) is 3.13. The maximum absolute atomic E-state index is 12.1. The Hall–Kier alpha value is -0.570. The number of hydrogen-bond acceptors (Lipinski definition) is 2. The number of carbonyl (C=O) groups excluding carboxylic acids is 1. The maximum atomic E-state index is 12.1. The second-order valence-corrected chi connectivity index (χ2v) is 5.81. The SMILES string of the molecule is CC1CC(C)CN(C(=O)CC2CCNC2)C1. The van der Waals surface area contributed by atoms with Crippen LogP contribution >= 0.6 is 0 Å². The number of nitrogens with zero attached hydrogens (tertiary/aromatic N) is 1. The normalized spacial score (nSPS) is 35.4. The van der Waals surface area contributed by atoms with Gasteiger partial charge < -0.3 is 10.2 Å². The lowest BCUT2D eigenvalue weighted by molar-refractivity contribution is -0.134. The largest absolute Gasteiger partial charge is 0.342 e. The van der Waals surface area contributed by atoms with Gasteiger partial charge in [-0.1, -0.05) is 13.8 Å². The van der Waals surface area contributed by atoms with E-state index in [0.29, 0.717) is 23.7 Å². The summed E-state index contributed by atoms with van der Waals surface area (Å²) in [5, 5.41) is 3.33. The van der Waals surface area contributed by atoms with Crippen LogP contribution in [0.2, 0.25) is 0 Å². The van der Waals surface area contributed by atoms with Gasteiger partial charge >= 0.3 is 0 Å². The summed E-state index contributed by atoms with van der Waals surface area (Å²) in [6, 6.07) is 0. The van der Waals surface area contributed by atoms with Crippen molar-refractivity contribution in [3.63, 3.8) is 0 Å². The van der Waals surface area contributed by atoms with Crippen LogP contribution in [0.1, 0.15) is 33.1 Å². The number of rotatable bonds is 2. The number of likely N-dealkylation sites (tertiary alicyclic amines) is 1. The van der Waals surface area contributed by atoms with E-state index in [1.807, 2.05) is 0 Å². The predicted octanol–water partition coefficient (Wildman–Crippen LogP) is 1.49. The number of piperidine rings is 1. The van der Waals surface area contributed by atoms with Crippen LogP contribution in [0.3, 0.4) is 0 Å². The van der Waals surface area contributed by atoms with Crippen molar-refractivity contribution < 1.29 is 4.79 Å². The van der Waals surface area contributed by atoms with E-state index in [1.54, 1.807) is 0 Å². The minimum Gasteiger partial charge on any atom is -0.342 e. The first kappa shape index (κ1) is 11.9. The summed E-state index contributed by atoms with van der Waals surface area (Å²) >= 11 is 0. The van der Waals surface area contributed by atoms with Gasteiger partial charge in [0.1, 0.15) is 0 Å². The average Bonchev–Trinajstić information content (AvgIpc) is 2.68. The molecule has 2 rings (SSSR count). The predicted molar refractivity (Wildman–Crippen MR) is 65.1 cm³/mol. The molecule has 0 aliphatic carbocycles. The van der Waals surface area contributed by atoms with Crippen LogP contribution in [-0.4, -0.2) is 37.0 Å². The Morgan fingerprint density at radius 3 is 2.56 bits per heavy atom. The maximum Gasteiger partial charge on any atom is 0.222 e. The molecule has 3 unspecified atom stereocenters. The molecule has 0 radical (unpaired) electrons. The molecule has 0 saturated carbocycles. The molecule has 16 heavy (non-hydrogen) atoms. The first-order chi connectivity index (χ1) is 7.65. The quantitative estimate of drug-likeness (QED) is 0.771. The molecule has 1 amide bonds. The summed E-state index contributed by atoms with van der Waals surface area (Å²) < 4.78 is 0. The van der Waals surface area contributed by atoms with Gasteiger partial charge in [0.25, 0.3) is 0 Å². The van der Waals surface area contributed by atoms with Gasteiger partial charge in [0.15, 0.2) is 0 Å². The van der Waals surface area contributed by atoms with Crippen molar-refractivity contribution in [1.29, 1.82) is 0 Å². The second-order valence-electron chi connectivity index (χ2n) is 5.81. The molecule has 1 N–H and O–H groups in total. The highest BCUT2D eigenvalue weighted by atomic mass is 16.2. The molecule has 0 aromatic carbocycles. The highest BCUT2D eigenvalue weighted by Crippen LogP contribution is 2.23. The Morgan fingerprint density at radius 1 is 1.31 bits per heavy atom. The minimum absolute atomic E-state index is 0.382. The van der Waals surface area contributed by atoms with Gasteiger partial charge in [0.05, 0.1) is 0 Å². The third-order valence-corrected chi connectivity index (χ3v) is 3.85. The number of nitrogens with one attached hydrogen (secondary N) is 1. The molecule has 0 aromatic rings. The Kier molecular flexibility index (Phi) is 3.85. The van der Waals surface area contributed by atoms with Crippen molar-refractivity contribution in [3.8, 4) is 0 Å². The minimum atomic E-state index is 0.382. The van der Waals surface area contributed by atoms with Gasteiger partial charge in [0.2, 0.25) is 5.91 Å². The van der Waals surface area contributed by atoms with E-state index in [-0.39, 0.29) is 0 Å². The van der Waals surface area contributed by atoms with Crippen LogP contribution in [0.25, 0.3) is 0 Å². The number of hydrogen-bond donors (Lipinski definition) is 1. The zero-order valence-electron chi connectivity index (χ0n) is 10.5. The van der Waals surface area contributed by atoms with E-state index in [0.717, 1.165) is 32.6 Å². The van der Waals surface area contributed by atoms with E-state index >= 15 is 0 Å². The third kappa shape index (κ3) is 2.97. The molecule has 2 aliphatic heterocycles. The lowest BCUT2D eigenvalue weighted by Gasteiger charge is -2.35. The summed E-state index contributed by atoms with van der Waals surface area (Å²) in [5.74, 6) is 2.32. The molecule has 2 fully saturated rings. The molecule has 2 aliphatic rings. The fraction of sp³-hybridized carbons (Fsp3) is 0.923. The van der Waals surface area contributed by atoms with E-state index in [2.05, 4.69) is 24.1 Å². The Morgan fingerprint density at radius 2 is 2.00 bits per heavy atom. The van der Waals surface area contributed by atoms with Crippen molar-refractivity contribution >= 4 is 5.91 Å². The Bertz CT molecular complexity index is 238. The zero-order chi connectivity index (χ0) is 11.5. The van der Waals surface area contributed by atoms with Crippen molar-refractivity contribution in [3.05, 3.63) is 0 Å². The summed E-state index contributed by atoms with van der Waals surface area (Å²) in [6.45, 7) is 8.59. The molecule has 2 saturated heterocycles. The first-order valence-corrected chi connectivity index (χ1v) is 6.63. The molecule has 92 valence electrons. The van der Waals surface area contributed by atoms with Crippen molar-refractivity contribution in [2.24, 2.45) is 17.8 Å². The molecular weight excluding hydrogens is 200 g/mol. The summed E-state index contributed by atoms with van der Waals surface area (Å²) in [5.41, 5.74) is 0. The molecule has 0 aromatic heterocycles. The molecule has 0 bridgehead atoms. The monoisotopic (exact) mass is 224 g/mol. The van der Waals surface area contributed by atoms with E-state index in [9.17, 15) is 4.79 Å². The lowest BCUT2D eigenvalue weighted by atomic mass is 9.91. The standard InChI is InChI=1S/C13H24N2O/c1-10-5-11(2)9-15(8-10)13(16)6-12-3-4-14-7-12/h10-12,14H,3-9H2,1-2H3. The van der Waals surface area contributed by atoms with Gasteiger partial charge in [-0.3, -0.25) is 4.79 Å². The molecular formula is C13H24N2O. The molecule has 2 heterocycles. The fourth-order valence-electron chi connectivity index (χ4n) is 3.13. The van der Waals surface area contributed by atoms with Crippen molar-refractivity contribution in [1.82, 2.24) is 10.2 Å². The molecule has 3 nitrogen and oxygen atoms in total. The van der Waals surface area contributed by atoms with Crippen LogP contribution in [-0.2, 0) is 4.79 Å². The summed E-state index contributed by atoms with van der Waals surface area (Å²) in [6.07, 6.45) is 3.20. The summed E-state index contributed by atoms with van der Waals surface area (Å²) in [4.78, 5) is 14.2. The second kappa shape index (κ2) is 5.17. The number of carbonyl (C=O) groups is 1. The van der Waals surface area contributed by atoms with E-state index in [1.165, 1.54) is 12.8 Å². The molecule has 0 spiro atoms. The Balaban J connectivity index is 1.83. The van der Waals surface area contributed by atoms with Crippen LogP contribution in [0.15, 0.2) is 0 Å². The lowest BCUT2D eigenvalue weighted by Crippen LogP contribution is -2.43. The van der Waals surface area contributed by atoms with Gasteiger partial charge in [-0.2, -0.15) is 0 Å². The van der Waals surface area contributed by atoms with E-state index < -0.39 is 0 Å². The van der Waals surface area contributed by atoms with Gasteiger partial charge in [-0.05, 0) is 43.7 Å². The topological polar surface area (TPSA) is 32.3 Å².